The molecule has 26 heavy (non-hydrogen) atoms. The van der Waals surface area contributed by atoms with Crippen molar-refractivity contribution in [1.82, 2.24) is 20.1 Å². The topological polar surface area (TPSA) is 85.8 Å². The molecule has 2 aliphatic rings. The van der Waals surface area contributed by atoms with Gasteiger partial charge < -0.3 is 15.3 Å². The fraction of sp³-hybridized carbons (Fsp3) is 0.632. The number of likely N-dealkylation sites (tertiary alicyclic amines) is 2. The third-order valence-electron chi connectivity index (χ3n) is 5.48. The van der Waals surface area contributed by atoms with Crippen LogP contribution in [-0.2, 0) is 16.1 Å². The summed E-state index contributed by atoms with van der Waals surface area (Å²) in [5, 5.41) is 12.0. The van der Waals surface area contributed by atoms with E-state index in [9.17, 15) is 9.59 Å². The normalized spacial score (nSPS) is 22.2. The second kappa shape index (κ2) is 9.09. The summed E-state index contributed by atoms with van der Waals surface area (Å²) < 4.78 is 0. The molecule has 0 spiro atoms. The number of carbonyl (C=O) groups is 2. The molecular weight excluding hydrogens is 332 g/mol. The zero-order chi connectivity index (χ0) is 18.4. The summed E-state index contributed by atoms with van der Waals surface area (Å²) in [5.74, 6) is -0.0428. The molecule has 2 saturated heterocycles. The number of aliphatic hydroxyl groups is 1. The predicted molar refractivity (Wildman–Crippen MR) is 97.1 cm³/mol. The number of piperidine rings is 2. The quantitative estimate of drug-likeness (QED) is 0.794. The molecule has 0 saturated carbocycles. The molecule has 2 aliphatic heterocycles. The van der Waals surface area contributed by atoms with Crippen LogP contribution in [0.5, 0.6) is 0 Å². The molecule has 0 unspecified atom stereocenters. The van der Waals surface area contributed by atoms with Gasteiger partial charge in [0.2, 0.25) is 11.8 Å². The summed E-state index contributed by atoms with van der Waals surface area (Å²) in [6, 6.07) is 4.26. The van der Waals surface area contributed by atoms with Gasteiger partial charge in [-0.15, -0.1) is 0 Å². The second-order valence-corrected chi connectivity index (χ2v) is 7.18. The van der Waals surface area contributed by atoms with Gasteiger partial charge >= 0.3 is 0 Å². The molecule has 1 aromatic heterocycles. The third kappa shape index (κ3) is 4.80. The molecule has 3 heterocycles. The first-order valence-corrected chi connectivity index (χ1v) is 9.46. The van der Waals surface area contributed by atoms with Gasteiger partial charge in [0, 0.05) is 44.6 Å². The SMILES string of the molecule is O=C(NCc1cccnc1)[C@H]1CCCN(C2CCN(C(=O)CO)CC2)C1. The summed E-state index contributed by atoms with van der Waals surface area (Å²) in [7, 11) is 0. The van der Waals surface area contributed by atoms with Crippen LogP contribution in [0, 0.1) is 5.92 Å². The first-order chi connectivity index (χ1) is 12.7. The Bertz CT molecular complexity index is 602. The van der Waals surface area contributed by atoms with Gasteiger partial charge in [0.25, 0.3) is 0 Å². The van der Waals surface area contributed by atoms with E-state index in [4.69, 9.17) is 5.11 Å². The third-order valence-corrected chi connectivity index (χ3v) is 5.48. The highest BCUT2D eigenvalue weighted by Gasteiger charge is 2.32. The maximum atomic E-state index is 12.5. The summed E-state index contributed by atoms with van der Waals surface area (Å²) in [5.41, 5.74) is 1.01. The zero-order valence-electron chi connectivity index (χ0n) is 15.1. The summed E-state index contributed by atoms with van der Waals surface area (Å²) in [6.07, 6.45) is 7.28. The average Bonchev–Trinajstić information content (AvgIpc) is 2.72. The van der Waals surface area contributed by atoms with E-state index < -0.39 is 6.61 Å². The number of nitrogens with one attached hydrogen (secondary N) is 1. The van der Waals surface area contributed by atoms with Crippen molar-refractivity contribution in [3.63, 3.8) is 0 Å². The van der Waals surface area contributed by atoms with Crippen LogP contribution in [0.15, 0.2) is 24.5 Å². The minimum absolute atomic E-state index is 0.0255. The standard InChI is InChI=1S/C19H28N4O3/c24-14-18(25)22-9-5-17(6-10-22)23-8-2-4-16(13-23)19(26)21-12-15-3-1-7-20-11-15/h1,3,7,11,16-17,24H,2,4-6,8-10,12-14H2,(H,21,26)/t16-/m0/s1. The van der Waals surface area contributed by atoms with Gasteiger partial charge in [0.1, 0.15) is 6.61 Å². The number of rotatable bonds is 5. The number of nitrogens with zero attached hydrogens (tertiary/aromatic N) is 3. The van der Waals surface area contributed by atoms with Gasteiger partial charge in [0.15, 0.2) is 0 Å². The Labute approximate surface area is 154 Å². The Morgan fingerprint density at radius 3 is 2.73 bits per heavy atom. The van der Waals surface area contributed by atoms with Crippen LogP contribution in [0.25, 0.3) is 0 Å². The minimum Gasteiger partial charge on any atom is -0.387 e. The van der Waals surface area contributed by atoms with Crippen LogP contribution in [0.4, 0.5) is 0 Å². The van der Waals surface area contributed by atoms with Crippen molar-refractivity contribution in [2.75, 3.05) is 32.8 Å². The van der Waals surface area contributed by atoms with E-state index in [0.29, 0.717) is 25.7 Å². The molecule has 0 bridgehead atoms. The molecule has 2 N–H and O–H groups in total. The average molecular weight is 360 g/mol. The lowest BCUT2D eigenvalue weighted by molar-refractivity contribution is -0.135. The lowest BCUT2D eigenvalue weighted by Gasteiger charge is -2.42. The van der Waals surface area contributed by atoms with Gasteiger partial charge in [-0.1, -0.05) is 6.07 Å². The molecule has 7 heteroatoms. The fourth-order valence-electron chi connectivity index (χ4n) is 3.97. The van der Waals surface area contributed by atoms with Crippen LogP contribution in [-0.4, -0.2) is 70.5 Å². The number of amides is 2. The van der Waals surface area contributed by atoms with Crippen molar-refractivity contribution in [3.05, 3.63) is 30.1 Å². The predicted octanol–water partition coefficient (Wildman–Crippen LogP) is 0.393. The molecule has 2 fully saturated rings. The van der Waals surface area contributed by atoms with Crippen LogP contribution in [0.1, 0.15) is 31.2 Å². The van der Waals surface area contributed by atoms with Gasteiger partial charge in [-0.25, -0.2) is 0 Å². The van der Waals surface area contributed by atoms with E-state index in [1.165, 1.54) is 0 Å². The molecule has 0 aromatic carbocycles. The summed E-state index contributed by atoms with van der Waals surface area (Å²) in [4.78, 5) is 32.3. The summed E-state index contributed by atoms with van der Waals surface area (Å²) >= 11 is 0. The lowest BCUT2D eigenvalue weighted by Crippen LogP contribution is -2.51. The lowest BCUT2D eigenvalue weighted by atomic mass is 9.93. The Kier molecular flexibility index (Phi) is 6.57. The van der Waals surface area contributed by atoms with Crippen LogP contribution >= 0.6 is 0 Å². The first kappa shape index (κ1) is 18.8. The summed E-state index contributed by atoms with van der Waals surface area (Å²) in [6.45, 7) is 3.30. The second-order valence-electron chi connectivity index (χ2n) is 7.18. The van der Waals surface area contributed by atoms with E-state index in [1.807, 2.05) is 12.1 Å². The van der Waals surface area contributed by atoms with E-state index in [2.05, 4.69) is 15.2 Å². The number of hydrogen-bond donors (Lipinski definition) is 2. The Hall–Kier alpha value is -1.99. The smallest absolute Gasteiger partial charge is 0.248 e. The monoisotopic (exact) mass is 360 g/mol. The van der Waals surface area contributed by atoms with Gasteiger partial charge in [-0.2, -0.15) is 0 Å². The molecule has 7 nitrogen and oxygen atoms in total. The van der Waals surface area contributed by atoms with Gasteiger partial charge in [-0.3, -0.25) is 19.5 Å². The highest BCUT2D eigenvalue weighted by atomic mass is 16.3. The largest absolute Gasteiger partial charge is 0.387 e. The Morgan fingerprint density at radius 1 is 1.23 bits per heavy atom. The van der Waals surface area contributed by atoms with Gasteiger partial charge in [-0.05, 0) is 43.9 Å². The highest BCUT2D eigenvalue weighted by Crippen LogP contribution is 2.24. The maximum Gasteiger partial charge on any atom is 0.248 e. The molecule has 1 atom stereocenters. The first-order valence-electron chi connectivity index (χ1n) is 9.46. The van der Waals surface area contributed by atoms with Crippen molar-refractivity contribution in [1.29, 1.82) is 0 Å². The molecule has 2 amide bonds. The van der Waals surface area contributed by atoms with Crippen LogP contribution in [0.2, 0.25) is 0 Å². The van der Waals surface area contributed by atoms with Gasteiger partial charge in [0.05, 0.1) is 5.92 Å². The van der Waals surface area contributed by atoms with Crippen LogP contribution < -0.4 is 5.32 Å². The molecule has 1 aromatic rings. The van der Waals surface area contributed by atoms with E-state index in [1.54, 1.807) is 17.3 Å². The molecule has 142 valence electrons. The number of aromatic nitrogens is 1. The number of pyridine rings is 1. The van der Waals surface area contributed by atoms with E-state index in [-0.39, 0.29) is 17.7 Å². The fourth-order valence-corrected chi connectivity index (χ4v) is 3.97. The number of hydrogen-bond acceptors (Lipinski definition) is 5. The van der Waals surface area contributed by atoms with Crippen molar-refractivity contribution in [3.8, 4) is 0 Å². The molecule has 0 radical (unpaired) electrons. The zero-order valence-corrected chi connectivity index (χ0v) is 15.1. The van der Waals surface area contributed by atoms with Crippen molar-refractivity contribution >= 4 is 11.8 Å². The molecular formula is C19H28N4O3. The van der Waals surface area contributed by atoms with Crippen LogP contribution in [0.3, 0.4) is 0 Å². The highest BCUT2D eigenvalue weighted by molar-refractivity contribution is 5.79. The molecule has 3 rings (SSSR count). The maximum absolute atomic E-state index is 12.5. The van der Waals surface area contributed by atoms with Crippen molar-refractivity contribution < 1.29 is 14.7 Å². The number of carbonyl (C=O) groups excluding carboxylic acids is 2. The van der Waals surface area contributed by atoms with E-state index in [0.717, 1.165) is 44.3 Å². The van der Waals surface area contributed by atoms with E-state index >= 15 is 0 Å². The molecule has 0 aliphatic carbocycles. The number of aliphatic hydroxyl groups excluding tert-OH is 1. The Morgan fingerprint density at radius 2 is 2.04 bits per heavy atom. The Balaban J connectivity index is 1.46. The van der Waals surface area contributed by atoms with Crippen molar-refractivity contribution in [2.45, 2.75) is 38.3 Å². The van der Waals surface area contributed by atoms with Crippen molar-refractivity contribution in [2.24, 2.45) is 5.92 Å². The minimum atomic E-state index is -0.409.